The lowest BCUT2D eigenvalue weighted by atomic mass is 10.6. The van der Waals surface area contributed by atoms with Crippen LogP contribution in [0.5, 0.6) is 0 Å². The van der Waals surface area contributed by atoms with Gasteiger partial charge in [-0.25, -0.2) is 0 Å². The molecule has 0 radical (unpaired) electrons. The van der Waals surface area contributed by atoms with Gasteiger partial charge in [-0.1, -0.05) is 26.8 Å². The van der Waals surface area contributed by atoms with Crippen molar-refractivity contribution in [2.45, 2.75) is 33.6 Å². The molecule has 0 aliphatic rings. The maximum atomic E-state index is 10.6. The fourth-order valence-corrected chi connectivity index (χ4v) is 0. The third kappa shape index (κ3) is 65.0. The van der Waals surface area contributed by atoms with Gasteiger partial charge >= 0.3 is 6.36 Å². The van der Waals surface area contributed by atoms with Crippen molar-refractivity contribution >= 4 is 0 Å². The average molecular weight is 216 g/mol. The molecule has 0 aromatic carbocycles. The van der Waals surface area contributed by atoms with Crippen molar-refractivity contribution in [3.05, 3.63) is 12.3 Å². The maximum Gasteiger partial charge on any atom is 0.522 e. The number of alkyl halides is 3. The standard InChI is InChI=1S/C4H8O.C3H8.C2H3F3O/c1-4(2)5-3;1-3-2;1-6-2(3,4)5/h1H2,2-3H3;3H2,1-2H3;1H3. The van der Waals surface area contributed by atoms with Crippen molar-refractivity contribution in [2.75, 3.05) is 14.2 Å². The molecule has 0 unspecified atom stereocenters. The Morgan fingerprint density at radius 3 is 1.36 bits per heavy atom. The first-order valence-corrected chi connectivity index (χ1v) is 4.06. The second-order valence-corrected chi connectivity index (χ2v) is 2.26. The summed E-state index contributed by atoms with van der Waals surface area (Å²) in [4.78, 5) is 0. The van der Waals surface area contributed by atoms with Crippen molar-refractivity contribution < 1.29 is 22.6 Å². The van der Waals surface area contributed by atoms with Gasteiger partial charge in [0.05, 0.1) is 12.9 Å². The highest BCUT2D eigenvalue weighted by molar-refractivity contribution is 4.71. The van der Waals surface area contributed by atoms with E-state index in [4.69, 9.17) is 0 Å². The molecule has 0 aromatic rings. The zero-order valence-electron chi connectivity index (χ0n) is 9.36. The summed E-state index contributed by atoms with van der Waals surface area (Å²) in [5.41, 5.74) is 0. The minimum atomic E-state index is -4.46. The summed E-state index contributed by atoms with van der Waals surface area (Å²) in [6.45, 7) is 9.51. The fraction of sp³-hybridized carbons (Fsp3) is 0.778. The molecule has 0 saturated carbocycles. The molecule has 0 heterocycles. The van der Waals surface area contributed by atoms with Gasteiger partial charge in [0, 0.05) is 7.11 Å². The Balaban J connectivity index is -0.000000138. The van der Waals surface area contributed by atoms with Crippen LogP contribution >= 0.6 is 0 Å². The molecule has 0 N–H and O–H groups in total. The maximum absolute atomic E-state index is 10.6. The van der Waals surface area contributed by atoms with Crippen LogP contribution in [-0.2, 0) is 9.47 Å². The molecule has 0 aromatic heterocycles. The van der Waals surface area contributed by atoms with Crippen molar-refractivity contribution in [3.63, 3.8) is 0 Å². The van der Waals surface area contributed by atoms with E-state index >= 15 is 0 Å². The van der Waals surface area contributed by atoms with Gasteiger partial charge in [0.25, 0.3) is 0 Å². The second-order valence-electron chi connectivity index (χ2n) is 2.26. The molecule has 0 bridgehead atoms. The summed E-state index contributed by atoms with van der Waals surface area (Å²) in [7, 11) is 2.18. The van der Waals surface area contributed by atoms with Gasteiger partial charge in [-0.3, -0.25) is 4.74 Å². The Kier molecular flexibility index (Phi) is 16.6. The Labute approximate surface area is 83.7 Å². The number of rotatable bonds is 1. The van der Waals surface area contributed by atoms with Gasteiger partial charge in [-0.15, -0.1) is 13.2 Å². The molecule has 14 heavy (non-hydrogen) atoms. The van der Waals surface area contributed by atoms with Crippen LogP contribution < -0.4 is 0 Å². The lowest BCUT2D eigenvalue weighted by Gasteiger charge is -1.97. The van der Waals surface area contributed by atoms with E-state index in [2.05, 4.69) is 29.9 Å². The topological polar surface area (TPSA) is 18.5 Å². The first kappa shape index (κ1) is 19.0. The average Bonchev–Trinajstić information content (AvgIpc) is 2.06. The molecule has 0 aliphatic carbocycles. The fourth-order valence-electron chi connectivity index (χ4n) is 0. The number of ether oxygens (including phenoxy) is 2. The number of hydrogen-bond acceptors (Lipinski definition) is 2. The van der Waals surface area contributed by atoms with Crippen molar-refractivity contribution in [1.29, 1.82) is 0 Å². The number of halogens is 3. The molecule has 0 rings (SSSR count). The monoisotopic (exact) mass is 216 g/mol. The molecule has 0 amide bonds. The number of methoxy groups -OCH3 is 2. The summed E-state index contributed by atoms with van der Waals surface area (Å²) in [6.07, 6.45) is -3.21. The number of hydrogen-bond donors (Lipinski definition) is 0. The van der Waals surface area contributed by atoms with Crippen molar-refractivity contribution in [2.24, 2.45) is 0 Å². The minimum Gasteiger partial charge on any atom is -0.502 e. The van der Waals surface area contributed by atoms with Crippen LogP contribution in [0.15, 0.2) is 12.3 Å². The minimum absolute atomic E-state index is 0.583. The van der Waals surface area contributed by atoms with Crippen LogP contribution in [0, 0.1) is 0 Å². The SMILES string of the molecule is C=C(C)OC.CCC.COC(F)(F)F. The highest BCUT2D eigenvalue weighted by Crippen LogP contribution is 2.13. The van der Waals surface area contributed by atoms with Crippen LogP contribution in [-0.4, -0.2) is 20.6 Å². The summed E-state index contributed by atoms with van der Waals surface area (Å²) in [5, 5.41) is 0. The van der Waals surface area contributed by atoms with E-state index in [0.29, 0.717) is 7.11 Å². The van der Waals surface area contributed by atoms with Gasteiger partial charge in [-0.2, -0.15) is 0 Å². The molecular formula is C9H19F3O2. The smallest absolute Gasteiger partial charge is 0.502 e. The van der Waals surface area contributed by atoms with Crippen LogP contribution in [0.1, 0.15) is 27.2 Å². The Bertz CT molecular complexity index is 122. The van der Waals surface area contributed by atoms with E-state index in [1.54, 1.807) is 14.0 Å². The van der Waals surface area contributed by atoms with Crippen LogP contribution in [0.2, 0.25) is 0 Å². The molecule has 0 fully saturated rings. The molecule has 2 nitrogen and oxygen atoms in total. The summed E-state index contributed by atoms with van der Waals surface area (Å²) >= 11 is 0. The molecule has 0 saturated heterocycles. The van der Waals surface area contributed by atoms with E-state index in [1.807, 2.05) is 0 Å². The predicted molar refractivity (Wildman–Crippen MR) is 50.9 cm³/mol. The predicted octanol–water partition coefficient (Wildman–Crippen LogP) is 3.74. The van der Waals surface area contributed by atoms with Crippen LogP contribution in [0.3, 0.4) is 0 Å². The molecular weight excluding hydrogens is 197 g/mol. The van der Waals surface area contributed by atoms with Crippen LogP contribution in [0.4, 0.5) is 13.2 Å². The van der Waals surface area contributed by atoms with Crippen LogP contribution in [0.25, 0.3) is 0 Å². The highest BCUT2D eigenvalue weighted by atomic mass is 19.4. The molecule has 88 valence electrons. The summed E-state index contributed by atoms with van der Waals surface area (Å²) in [5.74, 6) is 0.755. The zero-order valence-corrected chi connectivity index (χ0v) is 9.36. The normalized spacial score (nSPS) is 8.86. The molecule has 0 atom stereocenters. The second kappa shape index (κ2) is 12.3. The van der Waals surface area contributed by atoms with Gasteiger partial charge < -0.3 is 4.74 Å². The highest BCUT2D eigenvalue weighted by Gasteiger charge is 2.25. The third-order valence-corrected chi connectivity index (χ3v) is 0.580. The van der Waals surface area contributed by atoms with E-state index < -0.39 is 6.36 Å². The van der Waals surface area contributed by atoms with E-state index in [-0.39, 0.29) is 0 Å². The Morgan fingerprint density at radius 2 is 1.36 bits per heavy atom. The summed E-state index contributed by atoms with van der Waals surface area (Å²) < 4.78 is 39.2. The zero-order chi connectivity index (χ0) is 12.2. The molecule has 0 spiro atoms. The summed E-state index contributed by atoms with van der Waals surface area (Å²) in [6, 6.07) is 0. The van der Waals surface area contributed by atoms with Gasteiger partial charge in [0.1, 0.15) is 0 Å². The van der Waals surface area contributed by atoms with Gasteiger partial charge in [0.15, 0.2) is 0 Å². The van der Waals surface area contributed by atoms with E-state index in [0.717, 1.165) is 5.76 Å². The lowest BCUT2D eigenvalue weighted by Crippen LogP contribution is -2.08. The largest absolute Gasteiger partial charge is 0.522 e. The van der Waals surface area contributed by atoms with Crippen molar-refractivity contribution in [3.8, 4) is 0 Å². The lowest BCUT2D eigenvalue weighted by molar-refractivity contribution is -0.311. The number of allylic oxidation sites excluding steroid dienone is 1. The molecule has 5 heteroatoms. The quantitative estimate of drug-likeness (QED) is 0.622. The first-order valence-electron chi connectivity index (χ1n) is 4.06. The molecule has 0 aliphatic heterocycles. The van der Waals surface area contributed by atoms with Crippen molar-refractivity contribution in [1.82, 2.24) is 0 Å². The third-order valence-electron chi connectivity index (χ3n) is 0.580. The van der Waals surface area contributed by atoms with E-state index in [1.165, 1.54) is 6.42 Å². The van der Waals surface area contributed by atoms with E-state index in [9.17, 15) is 13.2 Å². The van der Waals surface area contributed by atoms with Gasteiger partial charge in [-0.05, 0) is 6.92 Å². The van der Waals surface area contributed by atoms with Gasteiger partial charge in [0.2, 0.25) is 0 Å². The first-order chi connectivity index (χ1) is 6.24. The Hall–Kier alpha value is -0.710. The Morgan fingerprint density at radius 1 is 1.21 bits per heavy atom.